The predicted octanol–water partition coefficient (Wildman–Crippen LogP) is 2.18. The number of ether oxygens (including phenoxy) is 1. The lowest BCUT2D eigenvalue weighted by Gasteiger charge is -2.55. The van der Waals surface area contributed by atoms with Crippen molar-refractivity contribution in [3.05, 3.63) is 63.8 Å². The average Bonchev–Trinajstić information content (AvgIpc) is 2.60. The molecule has 0 radical (unpaired) electrons. The lowest BCUT2D eigenvalue weighted by Crippen LogP contribution is -2.68. The largest absolute Gasteiger partial charge is 0.380 e. The van der Waals surface area contributed by atoms with E-state index in [2.05, 4.69) is 10.3 Å². The molecule has 2 saturated heterocycles. The van der Waals surface area contributed by atoms with Crippen LogP contribution < -0.4 is 5.32 Å². The number of likely N-dealkylation sites (tertiary alicyclic amines) is 1. The van der Waals surface area contributed by atoms with E-state index in [1.165, 1.54) is 18.3 Å². The van der Waals surface area contributed by atoms with Crippen molar-refractivity contribution in [3.8, 4) is 0 Å². The van der Waals surface area contributed by atoms with Crippen LogP contribution in [0.15, 0.2) is 42.6 Å². The summed E-state index contributed by atoms with van der Waals surface area (Å²) in [5, 5.41) is 14.3. The average molecular weight is 382 g/mol. The van der Waals surface area contributed by atoms with Crippen molar-refractivity contribution in [2.75, 3.05) is 31.6 Å². The standard InChI is InChI=1S/C20H22N4O4/c1-14-4-6-15(7-5-14)9-16(19(25)23-10-20(11-23)12-28-13-20)22-18-17(24(26)27)3-2-8-21-18/h2-8,16H,9-13H2,1H3,(H,21,22). The number of hydrogen-bond donors (Lipinski definition) is 1. The van der Waals surface area contributed by atoms with Gasteiger partial charge in [0.05, 0.1) is 23.6 Å². The number of pyridine rings is 1. The van der Waals surface area contributed by atoms with Gasteiger partial charge < -0.3 is 15.0 Å². The molecular weight excluding hydrogens is 360 g/mol. The Hall–Kier alpha value is -3.00. The van der Waals surface area contributed by atoms with Gasteiger partial charge in [0.15, 0.2) is 0 Å². The third-order valence-corrected chi connectivity index (χ3v) is 5.33. The first-order valence-electron chi connectivity index (χ1n) is 9.24. The lowest BCUT2D eigenvalue weighted by atomic mass is 9.77. The summed E-state index contributed by atoms with van der Waals surface area (Å²) in [6.45, 7) is 4.73. The van der Waals surface area contributed by atoms with Crippen LogP contribution in [0.25, 0.3) is 0 Å². The highest BCUT2D eigenvalue weighted by atomic mass is 16.6. The number of carbonyl (C=O) groups is 1. The van der Waals surface area contributed by atoms with Gasteiger partial charge in [0.1, 0.15) is 6.04 Å². The molecule has 0 aliphatic carbocycles. The Morgan fingerprint density at radius 3 is 2.64 bits per heavy atom. The van der Waals surface area contributed by atoms with Crippen molar-refractivity contribution in [3.63, 3.8) is 0 Å². The van der Waals surface area contributed by atoms with E-state index in [1.807, 2.05) is 31.2 Å². The summed E-state index contributed by atoms with van der Waals surface area (Å²) in [7, 11) is 0. The second-order valence-electron chi connectivity index (χ2n) is 7.70. The molecule has 2 aromatic rings. The summed E-state index contributed by atoms with van der Waals surface area (Å²) in [4.78, 5) is 29.8. The quantitative estimate of drug-likeness (QED) is 0.607. The number of benzene rings is 1. The van der Waals surface area contributed by atoms with Crippen LogP contribution in [0.1, 0.15) is 11.1 Å². The number of nitro groups is 1. The Bertz CT molecular complexity index is 887. The van der Waals surface area contributed by atoms with E-state index in [4.69, 9.17) is 4.74 Å². The normalized spacial score (nSPS) is 18.1. The van der Waals surface area contributed by atoms with Gasteiger partial charge in [-0.05, 0) is 18.6 Å². The van der Waals surface area contributed by atoms with Gasteiger partial charge >= 0.3 is 5.69 Å². The van der Waals surface area contributed by atoms with Crippen LogP contribution in [0.4, 0.5) is 11.5 Å². The van der Waals surface area contributed by atoms with E-state index in [0.29, 0.717) is 32.7 Å². The van der Waals surface area contributed by atoms with Crippen molar-refractivity contribution in [2.45, 2.75) is 19.4 Å². The van der Waals surface area contributed by atoms with Gasteiger partial charge in [-0.25, -0.2) is 4.98 Å². The summed E-state index contributed by atoms with van der Waals surface area (Å²) in [6, 6.07) is 10.2. The Morgan fingerprint density at radius 1 is 1.32 bits per heavy atom. The van der Waals surface area contributed by atoms with Crippen molar-refractivity contribution in [1.29, 1.82) is 0 Å². The smallest absolute Gasteiger partial charge is 0.311 e. The molecule has 1 atom stereocenters. The number of aromatic nitrogens is 1. The van der Waals surface area contributed by atoms with Gasteiger partial charge in [0.25, 0.3) is 0 Å². The van der Waals surface area contributed by atoms with Crippen LogP contribution in [0.3, 0.4) is 0 Å². The maximum absolute atomic E-state index is 13.1. The minimum Gasteiger partial charge on any atom is -0.380 e. The van der Waals surface area contributed by atoms with E-state index < -0.39 is 11.0 Å². The minimum absolute atomic E-state index is 0.0712. The molecule has 4 rings (SSSR count). The molecule has 2 aliphatic rings. The first-order valence-corrected chi connectivity index (χ1v) is 9.24. The van der Waals surface area contributed by atoms with Crippen LogP contribution in [0.5, 0.6) is 0 Å². The third-order valence-electron chi connectivity index (χ3n) is 5.33. The van der Waals surface area contributed by atoms with E-state index in [-0.39, 0.29) is 22.8 Å². The van der Waals surface area contributed by atoms with E-state index in [9.17, 15) is 14.9 Å². The number of carbonyl (C=O) groups excluding carboxylic acids is 1. The second-order valence-corrected chi connectivity index (χ2v) is 7.70. The first kappa shape index (κ1) is 18.4. The Morgan fingerprint density at radius 2 is 2.04 bits per heavy atom. The third kappa shape index (κ3) is 3.55. The van der Waals surface area contributed by atoms with Gasteiger partial charge in [-0.1, -0.05) is 29.8 Å². The number of nitrogens with zero attached hydrogens (tertiary/aromatic N) is 3. The minimum atomic E-state index is -0.630. The van der Waals surface area contributed by atoms with Crippen molar-refractivity contribution in [2.24, 2.45) is 5.41 Å². The van der Waals surface area contributed by atoms with Gasteiger partial charge in [-0.2, -0.15) is 0 Å². The Kier molecular flexibility index (Phi) is 4.72. The highest BCUT2D eigenvalue weighted by Crippen LogP contribution is 2.38. The summed E-state index contributed by atoms with van der Waals surface area (Å²) in [5.74, 6) is 0.0400. The molecule has 3 heterocycles. The Balaban J connectivity index is 1.55. The van der Waals surface area contributed by atoms with Crippen LogP contribution >= 0.6 is 0 Å². The van der Waals surface area contributed by atoms with E-state index in [1.54, 1.807) is 4.90 Å². The van der Waals surface area contributed by atoms with Crippen LogP contribution in [0.2, 0.25) is 0 Å². The van der Waals surface area contributed by atoms with Gasteiger partial charge in [0.2, 0.25) is 11.7 Å². The Labute approximate surface area is 162 Å². The number of nitrogens with one attached hydrogen (secondary N) is 1. The fourth-order valence-electron chi connectivity index (χ4n) is 3.69. The van der Waals surface area contributed by atoms with Gasteiger partial charge in [-0.3, -0.25) is 14.9 Å². The molecule has 1 unspecified atom stereocenters. The zero-order chi connectivity index (χ0) is 19.7. The van der Waals surface area contributed by atoms with E-state index in [0.717, 1.165) is 11.1 Å². The molecular formula is C20H22N4O4. The summed E-state index contributed by atoms with van der Waals surface area (Å²) >= 11 is 0. The summed E-state index contributed by atoms with van der Waals surface area (Å²) in [5.41, 5.74) is 2.09. The van der Waals surface area contributed by atoms with Crippen molar-refractivity contribution in [1.82, 2.24) is 9.88 Å². The number of amides is 1. The highest BCUT2D eigenvalue weighted by molar-refractivity contribution is 5.86. The highest BCUT2D eigenvalue weighted by Gasteiger charge is 2.51. The maximum Gasteiger partial charge on any atom is 0.311 e. The molecule has 1 aromatic carbocycles. The summed E-state index contributed by atoms with van der Waals surface area (Å²) < 4.78 is 5.27. The lowest BCUT2D eigenvalue weighted by molar-refractivity contribution is -0.384. The molecule has 1 N–H and O–H groups in total. The van der Waals surface area contributed by atoms with Crippen LogP contribution in [-0.4, -0.2) is 53.1 Å². The predicted molar refractivity (Wildman–Crippen MR) is 103 cm³/mol. The molecule has 2 aliphatic heterocycles. The van der Waals surface area contributed by atoms with Crippen LogP contribution in [0, 0.1) is 22.5 Å². The number of hydrogen-bond acceptors (Lipinski definition) is 6. The van der Waals surface area contributed by atoms with Gasteiger partial charge in [0, 0.05) is 31.8 Å². The number of anilines is 1. The molecule has 0 bridgehead atoms. The molecule has 8 heteroatoms. The molecule has 146 valence electrons. The molecule has 8 nitrogen and oxygen atoms in total. The monoisotopic (exact) mass is 382 g/mol. The molecule has 1 spiro atoms. The van der Waals surface area contributed by atoms with Gasteiger partial charge in [-0.15, -0.1) is 0 Å². The second kappa shape index (κ2) is 7.20. The molecule has 2 fully saturated rings. The van der Waals surface area contributed by atoms with Crippen molar-refractivity contribution < 1.29 is 14.5 Å². The zero-order valence-corrected chi connectivity index (χ0v) is 15.6. The SMILES string of the molecule is Cc1ccc(CC(Nc2ncccc2[N+](=O)[O-])C(=O)N2CC3(COC3)C2)cc1. The zero-order valence-electron chi connectivity index (χ0n) is 15.6. The summed E-state index contributed by atoms with van der Waals surface area (Å²) in [6.07, 6.45) is 1.90. The molecule has 1 amide bonds. The molecule has 1 aromatic heterocycles. The maximum atomic E-state index is 13.1. The topological polar surface area (TPSA) is 97.6 Å². The van der Waals surface area contributed by atoms with E-state index >= 15 is 0 Å². The van der Waals surface area contributed by atoms with Crippen molar-refractivity contribution >= 4 is 17.4 Å². The fraction of sp³-hybridized carbons (Fsp3) is 0.400. The first-order chi connectivity index (χ1) is 13.5. The number of aryl methyl sites for hydroxylation is 1. The molecule has 0 saturated carbocycles. The fourth-order valence-corrected chi connectivity index (χ4v) is 3.69. The van der Waals surface area contributed by atoms with Crippen LogP contribution in [-0.2, 0) is 16.0 Å². The number of rotatable bonds is 6. The molecule has 28 heavy (non-hydrogen) atoms.